The molecule has 3 nitrogen and oxygen atoms in total. The summed E-state index contributed by atoms with van der Waals surface area (Å²) in [5.74, 6) is 0.567. The third kappa shape index (κ3) is 4.35. The first-order valence-electron chi connectivity index (χ1n) is 7.17. The van der Waals surface area contributed by atoms with Gasteiger partial charge < -0.3 is 10.1 Å². The number of aryl methyl sites for hydroxylation is 3. The number of amides is 1. The summed E-state index contributed by atoms with van der Waals surface area (Å²) in [6, 6.07) is 13.7. The van der Waals surface area contributed by atoms with Crippen LogP contribution in [0.4, 0.5) is 5.69 Å². The Morgan fingerprint density at radius 2 is 1.90 bits per heavy atom. The number of hydrogen-bond acceptors (Lipinski definition) is 2. The van der Waals surface area contributed by atoms with E-state index in [4.69, 9.17) is 4.74 Å². The summed E-state index contributed by atoms with van der Waals surface area (Å²) < 4.78 is 5.52. The van der Waals surface area contributed by atoms with Gasteiger partial charge in [-0.15, -0.1) is 0 Å². The number of rotatable bonds is 5. The fourth-order valence-corrected chi connectivity index (χ4v) is 2.02. The molecule has 0 heterocycles. The summed E-state index contributed by atoms with van der Waals surface area (Å²) in [6.45, 7) is 6.17. The van der Waals surface area contributed by atoms with E-state index >= 15 is 0 Å². The van der Waals surface area contributed by atoms with Crippen molar-refractivity contribution in [3.63, 3.8) is 0 Å². The molecular weight excluding hydrogens is 262 g/mol. The van der Waals surface area contributed by atoms with E-state index < -0.39 is 0 Å². The monoisotopic (exact) mass is 283 g/mol. The van der Waals surface area contributed by atoms with Crippen molar-refractivity contribution in [1.29, 1.82) is 0 Å². The predicted octanol–water partition coefficient (Wildman–Crippen LogP) is 3.88. The van der Waals surface area contributed by atoms with Crippen molar-refractivity contribution in [3.05, 3.63) is 59.2 Å². The van der Waals surface area contributed by atoms with Gasteiger partial charge in [0.15, 0.2) is 6.61 Å². The van der Waals surface area contributed by atoms with Crippen molar-refractivity contribution < 1.29 is 9.53 Å². The molecule has 2 aromatic rings. The first-order valence-corrected chi connectivity index (χ1v) is 7.17. The van der Waals surface area contributed by atoms with E-state index in [1.807, 2.05) is 56.3 Å². The minimum Gasteiger partial charge on any atom is -0.484 e. The van der Waals surface area contributed by atoms with Crippen LogP contribution >= 0.6 is 0 Å². The van der Waals surface area contributed by atoms with E-state index in [-0.39, 0.29) is 12.5 Å². The topological polar surface area (TPSA) is 38.3 Å². The predicted molar refractivity (Wildman–Crippen MR) is 85.9 cm³/mol. The summed E-state index contributed by atoms with van der Waals surface area (Å²) in [4.78, 5) is 11.9. The fraction of sp³-hybridized carbons (Fsp3) is 0.278. The Bertz CT molecular complexity index is 635. The first kappa shape index (κ1) is 15.1. The highest BCUT2D eigenvalue weighted by Gasteiger charge is 2.05. The summed E-state index contributed by atoms with van der Waals surface area (Å²) in [5.41, 5.74) is 4.37. The Balaban J connectivity index is 1.90. The van der Waals surface area contributed by atoms with Crippen molar-refractivity contribution in [2.75, 3.05) is 11.9 Å². The molecule has 1 amide bonds. The minimum atomic E-state index is -0.151. The van der Waals surface area contributed by atoms with E-state index in [1.165, 1.54) is 11.1 Å². The van der Waals surface area contributed by atoms with Gasteiger partial charge in [0.25, 0.3) is 5.91 Å². The Labute approximate surface area is 126 Å². The molecule has 0 fully saturated rings. The Morgan fingerprint density at radius 1 is 1.10 bits per heavy atom. The van der Waals surface area contributed by atoms with Crippen LogP contribution in [0, 0.1) is 13.8 Å². The van der Waals surface area contributed by atoms with Crippen LogP contribution in [0.2, 0.25) is 0 Å². The van der Waals surface area contributed by atoms with Crippen LogP contribution in [0.15, 0.2) is 42.5 Å². The maximum Gasteiger partial charge on any atom is 0.262 e. The lowest BCUT2D eigenvalue weighted by Gasteiger charge is -2.09. The second-order valence-corrected chi connectivity index (χ2v) is 5.14. The third-order valence-electron chi connectivity index (χ3n) is 3.47. The number of carbonyl (C=O) groups is 1. The molecule has 0 aliphatic carbocycles. The molecule has 0 aliphatic heterocycles. The highest BCUT2D eigenvalue weighted by molar-refractivity contribution is 5.91. The normalized spacial score (nSPS) is 10.2. The number of ether oxygens (including phenoxy) is 1. The van der Waals surface area contributed by atoms with Gasteiger partial charge in [-0.3, -0.25) is 4.79 Å². The standard InChI is InChI=1S/C18H21NO2/c1-4-15-6-5-7-16(11-15)19-18(20)12-21-17-9-8-13(2)14(3)10-17/h5-11H,4,12H2,1-3H3,(H,19,20). The van der Waals surface area contributed by atoms with Crippen LogP contribution in [0.3, 0.4) is 0 Å². The van der Waals surface area contributed by atoms with Crippen molar-refractivity contribution in [1.82, 2.24) is 0 Å². The molecule has 0 aromatic heterocycles. The van der Waals surface area contributed by atoms with E-state index in [2.05, 4.69) is 12.2 Å². The van der Waals surface area contributed by atoms with Crippen molar-refractivity contribution in [2.45, 2.75) is 27.2 Å². The van der Waals surface area contributed by atoms with Gasteiger partial charge in [0.1, 0.15) is 5.75 Å². The zero-order valence-electron chi connectivity index (χ0n) is 12.8. The molecule has 0 saturated carbocycles. The van der Waals surface area contributed by atoms with Crippen LogP contribution in [-0.4, -0.2) is 12.5 Å². The highest BCUT2D eigenvalue weighted by Crippen LogP contribution is 2.16. The Hall–Kier alpha value is -2.29. The maximum atomic E-state index is 11.9. The average molecular weight is 283 g/mol. The summed E-state index contributed by atoms with van der Waals surface area (Å²) >= 11 is 0. The second-order valence-electron chi connectivity index (χ2n) is 5.14. The molecule has 110 valence electrons. The molecule has 0 saturated heterocycles. The Kier molecular flexibility index (Phi) is 4.99. The zero-order valence-corrected chi connectivity index (χ0v) is 12.8. The molecule has 0 spiro atoms. The van der Waals surface area contributed by atoms with Gasteiger partial charge >= 0.3 is 0 Å². The molecule has 0 unspecified atom stereocenters. The summed E-state index contributed by atoms with van der Waals surface area (Å²) in [7, 11) is 0. The zero-order chi connectivity index (χ0) is 15.2. The number of anilines is 1. The lowest BCUT2D eigenvalue weighted by atomic mass is 10.1. The minimum absolute atomic E-state index is 0.0128. The van der Waals surface area contributed by atoms with Gasteiger partial charge in [0.2, 0.25) is 0 Å². The van der Waals surface area contributed by atoms with Crippen molar-refractivity contribution in [3.8, 4) is 5.75 Å². The van der Waals surface area contributed by atoms with E-state index in [9.17, 15) is 4.79 Å². The third-order valence-corrected chi connectivity index (χ3v) is 3.47. The Morgan fingerprint density at radius 3 is 2.62 bits per heavy atom. The summed E-state index contributed by atoms with van der Waals surface area (Å²) in [5, 5.41) is 2.85. The van der Waals surface area contributed by atoms with Gasteiger partial charge in [0.05, 0.1) is 0 Å². The van der Waals surface area contributed by atoms with Gasteiger partial charge in [-0.05, 0) is 61.2 Å². The molecule has 0 bridgehead atoms. The quantitative estimate of drug-likeness (QED) is 0.904. The average Bonchev–Trinajstić information content (AvgIpc) is 2.48. The number of benzene rings is 2. The molecule has 1 N–H and O–H groups in total. The van der Waals surface area contributed by atoms with Crippen LogP contribution in [-0.2, 0) is 11.2 Å². The number of nitrogens with one attached hydrogen (secondary N) is 1. The molecule has 0 aliphatic rings. The molecular formula is C18H21NO2. The molecule has 3 heteroatoms. The van der Waals surface area contributed by atoms with Crippen LogP contribution in [0.5, 0.6) is 5.75 Å². The lowest BCUT2D eigenvalue weighted by molar-refractivity contribution is -0.118. The van der Waals surface area contributed by atoms with E-state index in [1.54, 1.807) is 0 Å². The van der Waals surface area contributed by atoms with Crippen molar-refractivity contribution in [2.24, 2.45) is 0 Å². The molecule has 0 radical (unpaired) electrons. The smallest absolute Gasteiger partial charge is 0.262 e. The first-order chi connectivity index (χ1) is 10.1. The number of carbonyl (C=O) groups excluding carboxylic acids is 1. The van der Waals surface area contributed by atoms with Crippen LogP contribution < -0.4 is 10.1 Å². The molecule has 2 aromatic carbocycles. The largest absolute Gasteiger partial charge is 0.484 e. The van der Waals surface area contributed by atoms with Gasteiger partial charge in [0, 0.05) is 5.69 Å². The van der Waals surface area contributed by atoms with Crippen LogP contribution in [0.25, 0.3) is 0 Å². The SMILES string of the molecule is CCc1cccc(NC(=O)COc2ccc(C)c(C)c2)c1. The molecule has 2 rings (SSSR count). The number of hydrogen-bond donors (Lipinski definition) is 1. The van der Waals surface area contributed by atoms with Crippen LogP contribution in [0.1, 0.15) is 23.6 Å². The lowest BCUT2D eigenvalue weighted by Crippen LogP contribution is -2.20. The highest BCUT2D eigenvalue weighted by atomic mass is 16.5. The van der Waals surface area contributed by atoms with E-state index in [0.717, 1.165) is 23.4 Å². The van der Waals surface area contributed by atoms with Gasteiger partial charge in [-0.25, -0.2) is 0 Å². The second kappa shape index (κ2) is 6.93. The molecule has 21 heavy (non-hydrogen) atoms. The van der Waals surface area contributed by atoms with Gasteiger partial charge in [-0.2, -0.15) is 0 Å². The maximum absolute atomic E-state index is 11.9. The van der Waals surface area contributed by atoms with E-state index in [0.29, 0.717) is 0 Å². The molecule has 0 atom stereocenters. The van der Waals surface area contributed by atoms with Crippen molar-refractivity contribution >= 4 is 11.6 Å². The van der Waals surface area contributed by atoms with Gasteiger partial charge in [-0.1, -0.05) is 25.1 Å². The fourth-order valence-electron chi connectivity index (χ4n) is 2.02. The summed E-state index contributed by atoms with van der Waals surface area (Å²) in [6.07, 6.45) is 0.947.